The molecule has 130 valence electrons. The Balaban J connectivity index is 1.86. The van der Waals surface area contributed by atoms with E-state index in [2.05, 4.69) is 35.8 Å². The second-order valence-electron chi connectivity index (χ2n) is 6.47. The number of halogens is 1. The molecule has 2 aromatic heterocycles. The number of benzene rings is 3. The molecule has 0 unspecified atom stereocenters. The van der Waals surface area contributed by atoms with Gasteiger partial charge in [-0.05, 0) is 55.5 Å². The van der Waals surface area contributed by atoms with E-state index in [-0.39, 0.29) is 0 Å². The Morgan fingerprint density at radius 2 is 1.41 bits per heavy atom. The molecule has 2 heterocycles. The largest absolute Gasteiger partial charge is 0.275 e. The van der Waals surface area contributed by atoms with Crippen LogP contribution >= 0.6 is 11.6 Å². The molecule has 4 nitrogen and oxygen atoms in total. The van der Waals surface area contributed by atoms with Crippen LogP contribution in [0.2, 0.25) is 5.02 Å². The molecule has 3 aromatic carbocycles. The van der Waals surface area contributed by atoms with Gasteiger partial charge in [0.2, 0.25) is 0 Å². The van der Waals surface area contributed by atoms with Crippen molar-refractivity contribution in [1.82, 2.24) is 19.5 Å². The monoisotopic (exact) mass is 370 g/mol. The number of hydrogen-bond donors (Lipinski definition) is 0. The quantitative estimate of drug-likeness (QED) is 0.406. The summed E-state index contributed by atoms with van der Waals surface area (Å²) in [5.74, 6) is 0.792. The van der Waals surface area contributed by atoms with Crippen LogP contribution in [0, 0.1) is 6.92 Å². The summed E-state index contributed by atoms with van der Waals surface area (Å²) in [4.78, 5) is 14.4. The first-order valence-electron chi connectivity index (χ1n) is 8.67. The molecule has 0 N–H and O–H groups in total. The maximum atomic E-state index is 6.07. The van der Waals surface area contributed by atoms with Gasteiger partial charge >= 0.3 is 0 Å². The van der Waals surface area contributed by atoms with Gasteiger partial charge in [0.15, 0.2) is 11.3 Å². The zero-order chi connectivity index (χ0) is 18.4. The third-order valence-electron chi connectivity index (χ3n) is 4.56. The molecule has 5 heteroatoms. The first kappa shape index (κ1) is 16.0. The lowest BCUT2D eigenvalue weighted by atomic mass is 10.2. The fraction of sp³-hybridized carbons (Fsp3) is 0.0455. The number of fused-ring (bicyclic) bond motifs is 2. The van der Waals surface area contributed by atoms with Crippen molar-refractivity contribution in [2.24, 2.45) is 0 Å². The highest BCUT2D eigenvalue weighted by molar-refractivity contribution is 6.30. The zero-order valence-electron chi connectivity index (χ0n) is 14.6. The average molecular weight is 371 g/mol. The van der Waals surface area contributed by atoms with Crippen molar-refractivity contribution in [1.29, 1.82) is 0 Å². The molecule has 0 amide bonds. The molecular formula is C22H15ClN4. The van der Waals surface area contributed by atoms with E-state index in [0.717, 1.165) is 33.8 Å². The van der Waals surface area contributed by atoms with Gasteiger partial charge in [0, 0.05) is 16.3 Å². The Morgan fingerprint density at radius 1 is 0.741 bits per heavy atom. The topological polar surface area (TPSA) is 43.6 Å². The number of rotatable bonds is 2. The summed E-state index contributed by atoms with van der Waals surface area (Å²) in [6.45, 7) is 2.07. The Hall–Kier alpha value is -3.24. The van der Waals surface area contributed by atoms with Gasteiger partial charge in [0.1, 0.15) is 5.82 Å². The van der Waals surface area contributed by atoms with Gasteiger partial charge in [-0.2, -0.15) is 0 Å². The van der Waals surface area contributed by atoms with Crippen molar-refractivity contribution in [3.8, 4) is 17.1 Å². The average Bonchev–Trinajstić information content (AvgIpc) is 3.05. The van der Waals surface area contributed by atoms with Crippen molar-refractivity contribution >= 4 is 33.9 Å². The van der Waals surface area contributed by atoms with Gasteiger partial charge in [0.05, 0.1) is 11.0 Å². The van der Waals surface area contributed by atoms with Gasteiger partial charge in [-0.15, -0.1) is 0 Å². The standard InChI is InChI=1S/C22H15ClN4/c1-14-6-12-17(13-7-14)27-21(15-8-10-16(23)11-9-15)26-20-22(27)25-19-5-3-2-4-18(19)24-20/h2-13H,1H3. The SMILES string of the molecule is Cc1ccc(-n2c(-c3ccc(Cl)cc3)nc3nc4ccccc4nc32)cc1. The summed E-state index contributed by atoms with van der Waals surface area (Å²) in [6, 6.07) is 23.8. The minimum absolute atomic E-state index is 0.624. The Kier molecular flexibility index (Phi) is 3.66. The summed E-state index contributed by atoms with van der Waals surface area (Å²) >= 11 is 6.07. The smallest absolute Gasteiger partial charge is 0.199 e. The Labute approximate surface area is 161 Å². The van der Waals surface area contributed by atoms with Crippen LogP contribution in [0.25, 0.3) is 39.4 Å². The highest BCUT2D eigenvalue weighted by atomic mass is 35.5. The van der Waals surface area contributed by atoms with Gasteiger partial charge in [-0.3, -0.25) is 4.57 Å². The molecular weight excluding hydrogens is 356 g/mol. The fourth-order valence-corrected chi connectivity index (χ4v) is 3.31. The van der Waals surface area contributed by atoms with Crippen molar-refractivity contribution in [2.45, 2.75) is 6.92 Å². The van der Waals surface area contributed by atoms with Crippen molar-refractivity contribution < 1.29 is 0 Å². The van der Waals surface area contributed by atoms with E-state index in [1.165, 1.54) is 5.56 Å². The van der Waals surface area contributed by atoms with Gasteiger partial charge in [-0.1, -0.05) is 41.4 Å². The van der Waals surface area contributed by atoms with Crippen LogP contribution in [0.1, 0.15) is 5.56 Å². The predicted octanol–water partition coefficient (Wildman–Crippen LogP) is 5.60. The van der Waals surface area contributed by atoms with E-state index in [1.54, 1.807) is 0 Å². The lowest BCUT2D eigenvalue weighted by molar-refractivity contribution is 1.08. The van der Waals surface area contributed by atoms with Crippen LogP contribution in [-0.2, 0) is 0 Å². The molecule has 0 saturated carbocycles. The Morgan fingerprint density at radius 3 is 2.11 bits per heavy atom. The van der Waals surface area contributed by atoms with E-state index < -0.39 is 0 Å². The summed E-state index contributed by atoms with van der Waals surface area (Å²) < 4.78 is 2.05. The normalized spacial score (nSPS) is 11.3. The second kappa shape index (κ2) is 6.18. The van der Waals surface area contributed by atoms with Crippen LogP contribution in [0.15, 0.2) is 72.8 Å². The van der Waals surface area contributed by atoms with Crippen LogP contribution < -0.4 is 0 Å². The van der Waals surface area contributed by atoms with E-state index in [4.69, 9.17) is 26.6 Å². The minimum Gasteiger partial charge on any atom is -0.275 e. The number of nitrogens with zero attached hydrogens (tertiary/aromatic N) is 4. The van der Waals surface area contributed by atoms with Gasteiger partial charge < -0.3 is 0 Å². The molecule has 0 aliphatic carbocycles. The first-order valence-corrected chi connectivity index (χ1v) is 9.05. The number of imidazole rings is 1. The van der Waals surface area contributed by atoms with Crippen LogP contribution in [-0.4, -0.2) is 19.5 Å². The fourth-order valence-electron chi connectivity index (χ4n) is 3.19. The van der Waals surface area contributed by atoms with Crippen molar-refractivity contribution in [3.05, 3.63) is 83.4 Å². The van der Waals surface area contributed by atoms with E-state index in [9.17, 15) is 0 Å². The van der Waals surface area contributed by atoms with Crippen LogP contribution in [0.5, 0.6) is 0 Å². The van der Waals surface area contributed by atoms with Crippen molar-refractivity contribution in [3.63, 3.8) is 0 Å². The molecule has 27 heavy (non-hydrogen) atoms. The molecule has 0 atom stereocenters. The van der Waals surface area contributed by atoms with Crippen LogP contribution in [0.4, 0.5) is 0 Å². The molecule has 0 fully saturated rings. The van der Waals surface area contributed by atoms with Crippen molar-refractivity contribution in [2.75, 3.05) is 0 Å². The zero-order valence-corrected chi connectivity index (χ0v) is 15.4. The lowest BCUT2D eigenvalue weighted by Crippen LogP contribution is -1.99. The maximum absolute atomic E-state index is 6.07. The Bertz CT molecular complexity index is 1270. The van der Waals surface area contributed by atoms with E-state index in [1.807, 2.05) is 48.5 Å². The molecule has 0 aliphatic rings. The minimum atomic E-state index is 0.624. The first-order chi connectivity index (χ1) is 13.2. The molecule has 5 aromatic rings. The summed E-state index contributed by atoms with van der Waals surface area (Å²) in [6.07, 6.45) is 0. The predicted molar refractivity (Wildman–Crippen MR) is 109 cm³/mol. The second-order valence-corrected chi connectivity index (χ2v) is 6.91. The summed E-state index contributed by atoms with van der Waals surface area (Å²) in [5.41, 5.74) is 6.21. The number of aryl methyl sites for hydroxylation is 1. The maximum Gasteiger partial charge on any atom is 0.199 e. The molecule has 5 rings (SSSR count). The molecule has 0 bridgehead atoms. The summed E-state index contributed by atoms with van der Waals surface area (Å²) in [5, 5.41) is 0.693. The number of para-hydroxylation sites is 2. The molecule has 0 spiro atoms. The van der Waals surface area contributed by atoms with Gasteiger partial charge in [-0.25, -0.2) is 15.0 Å². The van der Waals surface area contributed by atoms with E-state index in [0.29, 0.717) is 10.7 Å². The summed E-state index contributed by atoms with van der Waals surface area (Å²) in [7, 11) is 0. The number of hydrogen-bond acceptors (Lipinski definition) is 3. The highest BCUT2D eigenvalue weighted by Gasteiger charge is 2.17. The molecule has 0 saturated heterocycles. The highest BCUT2D eigenvalue weighted by Crippen LogP contribution is 2.29. The van der Waals surface area contributed by atoms with E-state index >= 15 is 0 Å². The third-order valence-corrected chi connectivity index (χ3v) is 4.82. The van der Waals surface area contributed by atoms with Crippen LogP contribution in [0.3, 0.4) is 0 Å². The number of aromatic nitrogens is 4. The lowest BCUT2D eigenvalue weighted by Gasteiger charge is -2.09. The molecule has 0 aliphatic heterocycles. The molecule has 0 radical (unpaired) electrons. The van der Waals surface area contributed by atoms with Gasteiger partial charge in [0.25, 0.3) is 0 Å². The third kappa shape index (κ3) is 2.75.